The summed E-state index contributed by atoms with van der Waals surface area (Å²) in [6, 6.07) is 15.0. The maximum Gasteiger partial charge on any atom is 0.254 e. The van der Waals surface area contributed by atoms with E-state index in [9.17, 15) is 4.79 Å². The Kier molecular flexibility index (Phi) is 7.50. The fraction of sp³-hybridized carbons (Fsp3) is 0.300. The van der Waals surface area contributed by atoms with Gasteiger partial charge in [-0.2, -0.15) is 0 Å². The van der Waals surface area contributed by atoms with Crippen LogP contribution >= 0.6 is 35.1 Å². The van der Waals surface area contributed by atoms with E-state index in [1.165, 1.54) is 0 Å². The Labute approximate surface area is 173 Å². The molecule has 0 saturated carbocycles. The van der Waals surface area contributed by atoms with Crippen molar-refractivity contribution in [1.82, 2.24) is 4.90 Å². The molecule has 142 valence electrons. The molecule has 4 nitrogen and oxygen atoms in total. The second-order valence-electron chi connectivity index (χ2n) is 5.97. The molecule has 1 aliphatic rings. The van der Waals surface area contributed by atoms with Gasteiger partial charge in [-0.15, -0.1) is 0 Å². The van der Waals surface area contributed by atoms with Crippen molar-refractivity contribution in [2.45, 2.75) is 5.75 Å². The predicted octanol–water partition coefficient (Wildman–Crippen LogP) is 4.83. The fourth-order valence-electron chi connectivity index (χ4n) is 2.56. The first-order valence-electron chi connectivity index (χ1n) is 8.65. The summed E-state index contributed by atoms with van der Waals surface area (Å²) in [5, 5.41) is 0.633. The number of carbonyl (C=O) groups excluding carboxylic acids is 1. The van der Waals surface area contributed by atoms with Crippen molar-refractivity contribution in [1.29, 1.82) is 0 Å². The maximum atomic E-state index is 12.9. The Morgan fingerprint density at radius 2 is 2.15 bits per heavy atom. The number of thioether (sulfide) groups is 2. The molecule has 0 aromatic heterocycles. The van der Waals surface area contributed by atoms with Crippen molar-refractivity contribution in [2.75, 3.05) is 32.5 Å². The zero-order chi connectivity index (χ0) is 19.1. The molecule has 0 saturated heterocycles. The number of hydrogen-bond donors (Lipinski definition) is 0. The van der Waals surface area contributed by atoms with Crippen LogP contribution in [-0.2, 0) is 5.75 Å². The van der Waals surface area contributed by atoms with E-state index in [4.69, 9.17) is 16.3 Å². The number of hydrogen-bond acceptors (Lipinski definition) is 5. The minimum atomic E-state index is 0.00177. The van der Waals surface area contributed by atoms with Gasteiger partial charge >= 0.3 is 0 Å². The number of carbonyl (C=O) groups is 1. The van der Waals surface area contributed by atoms with Crippen LogP contribution in [0.4, 0.5) is 0 Å². The molecule has 0 N–H and O–H groups in total. The molecule has 2 aromatic carbocycles. The predicted molar refractivity (Wildman–Crippen MR) is 116 cm³/mol. The van der Waals surface area contributed by atoms with Crippen molar-refractivity contribution in [3.05, 3.63) is 64.7 Å². The number of rotatable bonds is 7. The quantitative estimate of drug-likeness (QED) is 0.643. The molecule has 1 aliphatic heterocycles. The minimum absolute atomic E-state index is 0.00177. The molecule has 0 fully saturated rings. The van der Waals surface area contributed by atoms with E-state index < -0.39 is 0 Å². The summed E-state index contributed by atoms with van der Waals surface area (Å²) in [6.07, 6.45) is 0. The fourth-order valence-corrected chi connectivity index (χ4v) is 4.75. The first kappa shape index (κ1) is 20.1. The SMILES string of the molecule is CN(CCOc1cccc(Cl)c1)C(=O)c1ccccc1CSC1=NCCS1. The van der Waals surface area contributed by atoms with Gasteiger partial charge in [0.1, 0.15) is 16.7 Å². The van der Waals surface area contributed by atoms with Crippen LogP contribution in [0.5, 0.6) is 5.75 Å². The van der Waals surface area contributed by atoms with E-state index >= 15 is 0 Å². The van der Waals surface area contributed by atoms with Gasteiger partial charge in [0.25, 0.3) is 5.91 Å². The molecule has 7 heteroatoms. The highest BCUT2D eigenvalue weighted by Gasteiger charge is 2.17. The normalized spacial score (nSPS) is 13.3. The first-order chi connectivity index (χ1) is 13.1. The third-order valence-corrected chi connectivity index (χ3v) is 6.53. The Morgan fingerprint density at radius 1 is 1.30 bits per heavy atom. The van der Waals surface area contributed by atoms with Crippen molar-refractivity contribution in [2.24, 2.45) is 4.99 Å². The minimum Gasteiger partial charge on any atom is -0.492 e. The van der Waals surface area contributed by atoms with Crippen LogP contribution in [0.15, 0.2) is 53.5 Å². The number of amides is 1. The van der Waals surface area contributed by atoms with Crippen LogP contribution in [0, 0.1) is 0 Å². The molecule has 0 aliphatic carbocycles. The Morgan fingerprint density at radius 3 is 2.93 bits per heavy atom. The van der Waals surface area contributed by atoms with Gasteiger partial charge in [0.05, 0.1) is 13.1 Å². The molecule has 2 aromatic rings. The average molecular weight is 421 g/mol. The summed E-state index contributed by atoms with van der Waals surface area (Å²) >= 11 is 9.44. The molecule has 1 amide bonds. The Hall–Kier alpha value is -1.63. The molecule has 1 heterocycles. The molecular weight excluding hydrogens is 400 g/mol. The molecule has 0 bridgehead atoms. The molecule has 3 rings (SSSR count). The number of benzene rings is 2. The number of likely N-dealkylation sites (N-methyl/N-ethyl adjacent to an activating group) is 1. The maximum absolute atomic E-state index is 12.9. The van der Waals surface area contributed by atoms with Crippen LogP contribution in [0.25, 0.3) is 0 Å². The highest BCUT2D eigenvalue weighted by atomic mass is 35.5. The number of ether oxygens (including phenoxy) is 1. The van der Waals surface area contributed by atoms with Gasteiger partial charge < -0.3 is 9.64 Å². The monoisotopic (exact) mass is 420 g/mol. The lowest BCUT2D eigenvalue weighted by Crippen LogP contribution is -2.31. The van der Waals surface area contributed by atoms with Crippen LogP contribution in [0.1, 0.15) is 15.9 Å². The van der Waals surface area contributed by atoms with E-state index in [1.54, 1.807) is 47.6 Å². The number of halogens is 1. The summed E-state index contributed by atoms with van der Waals surface area (Å²) in [7, 11) is 1.80. The summed E-state index contributed by atoms with van der Waals surface area (Å²) in [4.78, 5) is 19.0. The first-order valence-corrected chi connectivity index (χ1v) is 11.0. The van der Waals surface area contributed by atoms with E-state index in [1.807, 2.05) is 36.4 Å². The standard InChI is InChI=1S/C20H21ClN2O2S2/c1-23(10-11-25-17-7-4-6-16(21)13-17)19(24)18-8-3-2-5-15(18)14-27-20-22-9-12-26-20/h2-8,13H,9-12,14H2,1H3. The number of nitrogens with zero attached hydrogens (tertiary/aromatic N) is 2. The zero-order valence-electron chi connectivity index (χ0n) is 15.1. The third kappa shape index (κ3) is 5.92. The average Bonchev–Trinajstić information content (AvgIpc) is 3.19. The highest BCUT2D eigenvalue weighted by molar-refractivity contribution is 8.38. The van der Waals surface area contributed by atoms with E-state index in [-0.39, 0.29) is 5.91 Å². The van der Waals surface area contributed by atoms with Crippen molar-refractivity contribution in [3.63, 3.8) is 0 Å². The van der Waals surface area contributed by atoms with Crippen LogP contribution in [-0.4, -0.2) is 47.7 Å². The van der Waals surface area contributed by atoms with Gasteiger partial charge in [0, 0.05) is 29.1 Å². The van der Waals surface area contributed by atoms with Crippen molar-refractivity contribution >= 4 is 45.4 Å². The third-order valence-electron chi connectivity index (χ3n) is 3.99. The van der Waals surface area contributed by atoms with Gasteiger partial charge in [-0.25, -0.2) is 0 Å². The molecule has 0 atom stereocenters. The van der Waals surface area contributed by atoms with Crippen molar-refractivity contribution in [3.8, 4) is 5.75 Å². The molecule has 0 radical (unpaired) electrons. The van der Waals surface area contributed by atoms with Crippen LogP contribution < -0.4 is 4.74 Å². The lowest BCUT2D eigenvalue weighted by atomic mass is 10.1. The van der Waals surface area contributed by atoms with Gasteiger partial charge in [-0.3, -0.25) is 9.79 Å². The zero-order valence-corrected chi connectivity index (χ0v) is 17.4. The number of aliphatic imine (C=N–C) groups is 1. The summed E-state index contributed by atoms with van der Waals surface area (Å²) in [5.41, 5.74) is 1.77. The molecule has 0 unspecified atom stereocenters. The summed E-state index contributed by atoms with van der Waals surface area (Å²) in [6.45, 7) is 1.80. The van der Waals surface area contributed by atoms with Gasteiger partial charge in [-0.05, 0) is 29.8 Å². The highest BCUT2D eigenvalue weighted by Crippen LogP contribution is 2.26. The van der Waals surface area contributed by atoms with E-state index in [2.05, 4.69) is 4.99 Å². The van der Waals surface area contributed by atoms with Gasteiger partial charge in [-0.1, -0.05) is 59.4 Å². The van der Waals surface area contributed by atoms with Gasteiger partial charge in [0.2, 0.25) is 0 Å². The summed E-state index contributed by atoms with van der Waals surface area (Å²) in [5.74, 6) is 2.51. The Balaban J connectivity index is 1.55. The molecule has 0 spiro atoms. The Bertz CT molecular complexity index is 829. The molecule has 27 heavy (non-hydrogen) atoms. The van der Waals surface area contributed by atoms with Crippen molar-refractivity contribution < 1.29 is 9.53 Å². The topological polar surface area (TPSA) is 41.9 Å². The summed E-state index contributed by atoms with van der Waals surface area (Å²) < 4.78 is 6.80. The van der Waals surface area contributed by atoms with E-state index in [0.29, 0.717) is 23.9 Å². The second-order valence-corrected chi connectivity index (χ2v) is 8.72. The lowest BCUT2D eigenvalue weighted by molar-refractivity contribution is 0.0773. The van der Waals surface area contributed by atoms with Crippen LogP contribution in [0.3, 0.4) is 0 Å². The van der Waals surface area contributed by atoms with Crippen LogP contribution in [0.2, 0.25) is 5.02 Å². The molecular formula is C20H21ClN2O2S2. The second kappa shape index (κ2) is 10.1. The largest absolute Gasteiger partial charge is 0.492 e. The lowest BCUT2D eigenvalue weighted by Gasteiger charge is -2.19. The van der Waals surface area contributed by atoms with E-state index in [0.717, 1.165) is 33.6 Å². The smallest absolute Gasteiger partial charge is 0.254 e. The van der Waals surface area contributed by atoms with Gasteiger partial charge in [0.15, 0.2) is 0 Å².